The van der Waals surface area contributed by atoms with Crippen molar-refractivity contribution in [1.82, 2.24) is 9.97 Å². The van der Waals surface area contributed by atoms with Gasteiger partial charge in [-0.2, -0.15) is 0 Å². The zero-order valence-electron chi connectivity index (χ0n) is 11.0. The molecule has 0 aliphatic heterocycles. The molecule has 0 spiro atoms. The summed E-state index contributed by atoms with van der Waals surface area (Å²) >= 11 is 0. The molecular formula is C13H19N3O2. The molecule has 98 valence electrons. The van der Waals surface area contributed by atoms with Gasteiger partial charge in [0.05, 0.1) is 0 Å². The lowest BCUT2D eigenvalue weighted by Gasteiger charge is -2.15. The number of nitrogens with one attached hydrogen (secondary N) is 1. The number of aliphatic carboxylic acids is 1. The summed E-state index contributed by atoms with van der Waals surface area (Å²) in [6.45, 7) is 6.01. The Morgan fingerprint density at radius 3 is 2.61 bits per heavy atom. The van der Waals surface area contributed by atoms with Crippen molar-refractivity contribution in [2.75, 3.05) is 5.32 Å². The van der Waals surface area contributed by atoms with Crippen molar-refractivity contribution in [3.05, 3.63) is 17.5 Å². The first-order chi connectivity index (χ1) is 8.47. The van der Waals surface area contributed by atoms with Crippen LogP contribution in [0, 0.1) is 12.8 Å². The van der Waals surface area contributed by atoms with Crippen molar-refractivity contribution < 1.29 is 9.90 Å². The summed E-state index contributed by atoms with van der Waals surface area (Å²) < 4.78 is 0. The Bertz CT molecular complexity index is 456. The molecule has 0 saturated heterocycles. The maximum absolute atomic E-state index is 11.2. The highest BCUT2D eigenvalue weighted by molar-refractivity contribution is 5.77. The first-order valence-corrected chi connectivity index (χ1v) is 6.32. The van der Waals surface area contributed by atoms with Crippen LogP contribution in [0.5, 0.6) is 0 Å². The second kappa shape index (κ2) is 4.92. The van der Waals surface area contributed by atoms with Crippen LogP contribution in [0.3, 0.4) is 0 Å². The smallest absolute Gasteiger partial charge is 0.326 e. The number of aromatic nitrogens is 2. The lowest BCUT2D eigenvalue weighted by molar-refractivity contribution is -0.138. The summed E-state index contributed by atoms with van der Waals surface area (Å²) in [6, 6.07) is 1.37. The number of hydrogen-bond donors (Lipinski definition) is 2. The molecule has 0 amide bonds. The van der Waals surface area contributed by atoms with E-state index >= 15 is 0 Å². The fourth-order valence-corrected chi connectivity index (χ4v) is 1.90. The number of anilines is 1. The second-order valence-corrected chi connectivity index (χ2v) is 5.21. The SMILES string of the molecule is Cc1cc(C(C)C)nc(NC(C(=O)O)C2CC2)n1. The number of carboxylic acid groups (broad SMARTS) is 1. The van der Waals surface area contributed by atoms with Gasteiger partial charge in [0.2, 0.25) is 5.95 Å². The van der Waals surface area contributed by atoms with Crippen molar-refractivity contribution in [1.29, 1.82) is 0 Å². The van der Waals surface area contributed by atoms with Crippen LogP contribution in [0.25, 0.3) is 0 Å². The van der Waals surface area contributed by atoms with E-state index in [1.807, 2.05) is 13.0 Å². The van der Waals surface area contributed by atoms with Gasteiger partial charge in [-0.05, 0) is 37.7 Å². The predicted octanol–water partition coefficient (Wildman–Crippen LogP) is 2.18. The minimum absolute atomic E-state index is 0.217. The lowest BCUT2D eigenvalue weighted by Crippen LogP contribution is -2.32. The summed E-state index contributed by atoms with van der Waals surface area (Å²) in [5.41, 5.74) is 1.79. The average molecular weight is 249 g/mol. The van der Waals surface area contributed by atoms with Crippen LogP contribution in [-0.4, -0.2) is 27.1 Å². The minimum atomic E-state index is -0.825. The number of carboxylic acids is 1. The Balaban J connectivity index is 2.19. The van der Waals surface area contributed by atoms with Gasteiger partial charge in [-0.3, -0.25) is 0 Å². The van der Waals surface area contributed by atoms with Crippen LogP contribution in [0.4, 0.5) is 5.95 Å². The second-order valence-electron chi connectivity index (χ2n) is 5.21. The number of aryl methyl sites for hydroxylation is 1. The van der Waals surface area contributed by atoms with Gasteiger partial charge in [0, 0.05) is 11.4 Å². The monoisotopic (exact) mass is 249 g/mol. The van der Waals surface area contributed by atoms with E-state index in [-0.39, 0.29) is 5.92 Å². The molecule has 2 N–H and O–H groups in total. The Hall–Kier alpha value is -1.65. The van der Waals surface area contributed by atoms with Crippen molar-refractivity contribution >= 4 is 11.9 Å². The topological polar surface area (TPSA) is 75.1 Å². The van der Waals surface area contributed by atoms with Crippen LogP contribution in [0.15, 0.2) is 6.07 Å². The summed E-state index contributed by atoms with van der Waals surface area (Å²) in [7, 11) is 0. The maximum Gasteiger partial charge on any atom is 0.326 e. The van der Waals surface area contributed by atoms with E-state index in [9.17, 15) is 9.90 Å². The van der Waals surface area contributed by atoms with Crippen LogP contribution in [0.1, 0.15) is 44.0 Å². The third-order valence-corrected chi connectivity index (χ3v) is 3.11. The molecule has 0 bridgehead atoms. The maximum atomic E-state index is 11.2. The van der Waals surface area contributed by atoms with Gasteiger partial charge in [0.25, 0.3) is 0 Å². The molecule has 0 radical (unpaired) electrons. The van der Waals surface area contributed by atoms with Crippen LogP contribution >= 0.6 is 0 Å². The number of rotatable bonds is 5. The molecule has 1 unspecified atom stereocenters. The number of nitrogens with zero attached hydrogens (tertiary/aromatic N) is 2. The van der Waals surface area contributed by atoms with E-state index in [1.54, 1.807) is 0 Å². The Labute approximate surface area is 107 Å². The normalized spacial score (nSPS) is 16.7. The summed E-state index contributed by atoms with van der Waals surface area (Å²) in [5, 5.41) is 12.1. The van der Waals surface area contributed by atoms with Gasteiger partial charge >= 0.3 is 5.97 Å². The van der Waals surface area contributed by atoms with Crippen molar-refractivity contribution in [2.45, 2.75) is 45.6 Å². The van der Waals surface area contributed by atoms with E-state index in [0.717, 1.165) is 24.2 Å². The molecule has 5 heteroatoms. The van der Waals surface area contributed by atoms with Crippen molar-refractivity contribution in [3.8, 4) is 0 Å². The van der Waals surface area contributed by atoms with Gasteiger partial charge in [-0.15, -0.1) is 0 Å². The molecule has 1 saturated carbocycles. The van der Waals surface area contributed by atoms with E-state index in [1.165, 1.54) is 0 Å². The lowest BCUT2D eigenvalue weighted by atomic mass is 10.1. The molecule has 18 heavy (non-hydrogen) atoms. The van der Waals surface area contributed by atoms with E-state index in [2.05, 4.69) is 29.1 Å². The number of hydrogen-bond acceptors (Lipinski definition) is 4. The summed E-state index contributed by atoms with van der Waals surface area (Å²) in [6.07, 6.45) is 1.93. The molecule has 1 aromatic heterocycles. The van der Waals surface area contributed by atoms with Crippen LogP contribution < -0.4 is 5.32 Å². The van der Waals surface area contributed by atoms with E-state index < -0.39 is 12.0 Å². The molecule has 1 fully saturated rings. The van der Waals surface area contributed by atoms with Gasteiger partial charge < -0.3 is 10.4 Å². The zero-order chi connectivity index (χ0) is 13.3. The molecular weight excluding hydrogens is 230 g/mol. The third kappa shape index (κ3) is 2.97. The first kappa shape index (κ1) is 12.8. The molecule has 1 aliphatic rings. The van der Waals surface area contributed by atoms with E-state index in [4.69, 9.17) is 0 Å². The molecule has 1 heterocycles. The molecule has 1 aromatic rings. The third-order valence-electron chi connectivity index (χ3n) is 3.11. The Morgan fingerprint density at radius 2 is 2.11 bits per heavy atom. The average Bonchev–Trinajstić information content (AvgIpc) is 3.08. The highest BCUT2D eigenvalue weighted by Crippen LogP contribution is 2.34. The standard InChI is InChI=1S/C13H19N3O2/c1-7(2)10-6-8(3)14-13(15-10)16-11(12(17)18)9-4-5-9/h6-7,9,11H,4-5H2,1-3H3,(H,17,18)(H,14,15,16). The Kier molecular flexibility index (Phi) is 3.50. The summed E-state index contributed by atoms with van der Waals surface area (Å²) in [5.74, 6) is 0.122. The number of carbonyl (C=O) groups is 1. The zero-order valence-corrected chi connectivity index (χ0v) is 11.0. The van der Waals surface area contributed by atoms with Gasteiger partial charge in [-0.25, -0.2) is 14.8 Å². The van der Waals surface area contributed by atoms with Crippen LogP contribution in [-0.2, 0) is 4.79 Å². The highest BCUT2D eigenvalue weighted by atomic mass is 16.4. The summed E-state index contributed by atoms with van der Waals surface area (Å²) in [4.78, 5) is 19.8. The Morgan fingerprint density at radius 1 is 1.44 bits per heavy atom. The van der Waals surface area contributed by atoms with Gasteiger partial charge in [-0.1, -0.05) is 13.8 Å². The fraction of sp³-hybridized carbons (Fsp3) is 0.615. The molecule has 1 aliphatic carbocycles. The van der Waals surface area contributed by atoms with Gasteiger partial charge in [0.15, 0.2) is 0 Å². The van der Waals surface area contributed by atoms with E-state index in [0.29, 0.717) is 11.9 Å². The quantitative estimate of drug-likeness (QED) is 0.836. The molecule has 5 nitrogen and oxygen atoms in total. The van der Waals surface area contributed by atoms with Crippen LogP contribution in [0.2, 0.25) is 0 Å². The highest BCUT2D eigenvalue weighted by Gasteiger charge is 2.36. The fourth-order valence-electron chi connectivity index (χ4n) is 1.90. The van der Waals surface area contributed by atoms with Crippen molar-refractivity contribution in [3.63, 3.8) is 0 Å². The largest absolute Gasteiger partial charge is 0.480 e. The molecule has 1 atom stereocenters. The van der Waals surface area contributed by atoms with Crippen molar-refractivity contribution in [2.24, 2.45) is 5.92 Å². The molecule has 0 aromatic carbocycles. The molecule has 2 rings (SSSR count). The predicted molar refractivity (Wildman–Crippen MR) is 68.6 cm³/mol. The minimum Gasteiger partial charge on any atom is -0.480 e. The van der Waals surface area contributed by atoms with Gasteiger partial charge in [0.1, 0.15) is 6.04 Å². The first-order valence-electron chi connectivity index (χ1n) is 6.32.